The van der Waals surface area contributed by atoms with Gasteiger partial charge >= 0.3 is 5.97 Å². The minimum atomic E-state index is -0.457. The maximum Gasteiger partial charge on any atom is 0.337 e. The predicted molar refractivity (Wildman–Crippen MR) is 111 cm³/mol. The minimum Gasteiger partial charge on any atom is -0.465 e. The summed E-state index contributed by atoms with van der Waals surface area (Å²) in [5.41, 5.74) is 2.52. The molecule has 0 radical (unpaired) electrons. The van der Waals surface area contributed by atoms with Gasteiger partial charge in [-0.2, -0.15) is 0 Å². The Balaban J connectivity index is 1.60. The van der Waals surface area contributed by atoms with E-state index in [-0.39, 0.29) is 5.91 Å². The van der Waals surface area contributed by atoms with Gasteiger partial charge in [-0.05, 0) is 54.4 Å². The van der Waals surface area contributed by atoms with Crippen LogP contribution in [0.4, 0.5) is 11.5 Å². The molecular formula is C22H22N4O3. The van der Waals surface area contributed by atoms with Gasteiger partial charge in [0.05, 0.1) is 18.2 Å². The summed E-state index contributed by atoms with van der Waals surface area (Å²) in [7, 11) is 3.27. The summed E-state index contributed by atoms with van der Waals surface area (Å²) in [5, 5.41) is 2.77. The molecule has 7 nitrogen and oxygen atoms in total. The van der Waals surface area contributed by atoms with E-state index in [9.17, 15) is 9.59 Å². The van der Waals surface area contributed by atoms with Gasteiger partial charge in [0, 0.05) is 37.9 Å². The van der Waals surface area contributed by atoms with Crippen LogP contribution < -0.4 is 10.2 Å². The van der Waals surface area contributed by atoms with E-state index in [1.54, 1.807) is 42.7 Å². The maximum atomic E-state index is 12.5. The van der Waals surface area contributed by atoms with Crippen molar-refractivity contribution < 1.29 is 14.3 Å². The summed E-state index contributed by atoms with van der Waals surface area (Å²) in [6.45, 7) is 0.795. The molecule has 0 saturated heterocycles. The van der Waals surface area contributed by atoms with Gasteiger partial charge in [0.25, 0.3) is 5.91 Å². The van der Waals surface area contributed by atoms with E-state index in [1.165, 1.54) is 18.9 Å². The number of ether oxygens (including phenoxy) is 1. The van der Waals surface area contributed by atoms with E-state index >= 15 is 0 Å². The number of rotatable bonds is 7. The number of benzene rings is 1. The highest BCUT2D eigenvalue weighted by atomic mass is 16.5. The minimum absolute atomic E-state index is 0.300. The Morgan fingerprint density at radius 1 is 1.07 bits per heavy atom. The fraction of sp³-hybridized carbons (Fsp3) is 0.182. The number of likely N-dealkylation sites (N-methyl/N-ethyl adjacent to an activating group) is 1. The van der Waals surface area contributed by atoms with Crippen LogP contribution in [0.3, 0.4) is 0 Å². The van der Waals surface area contributed by atoms with Crippen LogP contribution in [0.15, 0.2) is 67.1 Å². The summed E-state index contributed by atoms with van der Waals surface area (Å²) in [5.74, 6) is 0.0238. The third-order valence-electron chi connectivity index (χ3n) is 4.43. The first-order valence-corrected chi connectivity index (χ1v) is 9.12. The van der Waals surface area contributed by atoms with Crippen molar-refractivity contribution in [3.63, 3.8) is 0 Å². The number of hydrogen-bond acceptors (Lipinski definition) is 6. The summed E-state index contributed by atoms with van der Waals surface area (Å²) >= 11 is 0. The molecule has 0 aliphatic heterocycles. The summed E-state index contributed by atoms with van der Waals surface area (Å²) in [6.07, 6.45) is 5.97. The van der Waals surface area contributed by atoms with Gasteiger partial charge in [-0.25, -0.2) is 9.78 Å². The number of carbonyl (C=O) groups excluding carboxylic acids is 2. The highest BCUT2D eigenvalue weighted by molar-refractivity contribution is 6.04. The lowest BCUT2D eigenvalue weighted by molar-refractivity contribution is 0.0600. The molecule has 0 unspecified atom stereocenters. The van der Waals surface area contributed by atoms with Crippen LogP contribution in [0.2, 0.25) is 0 Å². The molecule has 0 saturated carbocycles. The molecule has 2 heterocycles. The molecule has 1 N–H and O–H groups in total. The molecule has 1 aromatic carbocycles. The monoisotopic (exact) mass is 390 g/mol. The summed E-state index contributed by atoms with van der Waals surface area (Å²) in [6, 6.07) is 14.1. The number of carbonyl (C=O) groups is 2. The predicted octanol–water partition coefficient (Wildman–Crippen LogP) is 3.19. The molecule has 1 amide bonds. The van der Waals surface area contributed by atoms with Gasteiger partial charge in [-0.1, -0.05) is 6.07 Å². The van der Waals surface area contributed by atoms with Crippen molar-refractivity contribution in [3.05, 3.63) is 83.8 Å². The van der Waals surface area contributed by atoms with Crippen molar-refractivity contribution in [2.45, 2.75) is 6.42 Å². The topological polar surface area (TPSA) is 84.4 Å². The Hall–Kier alpha value is -3.74. The second-order valence-corrected chi connectivity index (χ2v) is 6.46. The van der Waals surface area contributed by atoms with E-state index in [1.807, 2.05) is 30.1 Å². The number of pyridine rings is 2. The highest BCUT2D eigenvalue weighted by Gasteiger charge is 2.11. The first kappa shape index (κ1) is 20.0. The van der Waals surface area contributed by atoms with Crippen LogP contribution >= 0.6 is 0 Å². The van der Waals surface area contributed by atoms with Crippen molar-refractivity contribution >= 4 is 23.4 Å². The molecule has 2 aromatic heterocycles. The second-order valence-electron chi connectivity index (χ2n) is 6.46. The average molecular weight is 390 g/mol. The fourth-order valence-electron chi connectivity index (χ4n) is 2.75. The van der Waals surface area contributed by atoms with Crippen LogP contribution in [0.25, 0.3) is 0 Å². The second kappa shape index (κ2) is 9.45. The van der Waals surface area contributed by atoms with Crippen molar-refractivity contribution in [2.24, 2.45) is 0 Å². The van der Waals surface area contributed by atoms with Crippen molar-refractivity contribution in [1.82, 2.24) is 9.97 Å². The number of methoxy groups -OCH3 is 1. The van der Waals surface area contributed by atoms with Crippen LogP contribution in [0.1, 0.15) is 26.3 Å². The molecule has 0 spiro atoms. The van der Waals surface area contributed by atoms with Gasteiger partial charge in [0.1, 0.15) is 5.82 Å². The Morgan fingerprint density at radius 3 is 2.55 bits per heavy atom. The molecule has 0 fully saturated rings. The van der Waals surface area contributed by atoms with Crippen molar-refractivity contribution in [1.29, 1.82) is 0 Å². The Morgan fingerprint density at radius 2 is 1.86 bits per heavy atom. The Kier molecular flexibility index (Phi) is 6.52. The lowest BCUT2D eigenvalue weighted by atomic mass is 10.2. The average Bonchev–Trinajstić information content (AvgIpc) is 2.78. The molecule has 148 valence electrons. The lowest BCUT2D eigenvalue weighted by Gasteiger charge is -2.18. The van der Waals surface area contributed by atoms with E-state index in [0.717, 1.165) is 18.8 Å². The van der Waals surface area contributed by atoms with E-state index < -0.39 is 5.97 Å². The van der Waals surface area contributed by atoms with E-state index in [4.69, 9.17) is 4.74 Å². The van der Waals surface area contributed by atoms with Gasteiger partial charge in [0.15, 0.2) is 0 Å². The summed E-state index contributed by atoms with van der Waals surface area (Å²) in [4.78, 5) is 34.5. The standard InChI is InChI=1S/C22H22N4O3/c1-26(13-10-16-8-11-23-12-9-16)20-7-6-18(15-24-20)21(27)25-19-5-3-4-17(14-19)22(28)29-2/h3-9,11-12,14-15H,10,13H2,1-2H3,(H,25,27). The largest absolute Gasteiger partial charge is 0.465 e. The Bertz CT molecular complexity index is 975. The number of esters is 1. The first-order valence-electron chi connectivity index (χ1n) is 9.12. The van der Waals surface area contributed by atoms with Gasteiger partial charge < -0.3 is 15.0 Å². The number of anilines is 2. The first-order chi connectivity index (χ1) is 14.1. The molecule has 3 aromatic rings. The number of hydrogen-bond donors (Lipinski definition) is 1. The molecule has 3 rings (SSSR count). The third kappa shape index (κ3) is 5.38. The van der Waals surface area contributed by atoms with Crippen molar-refractivity contribution in [3.8, 4) is 0 Å². The van der Waals surface area contributed by atoms with Crippen LogP contribution in [0.5, 0.6) is 0 Å². The SMILES string of the molecule is COC(=O)c1cccc(NC(=O)c2ccc(N(C)CCc3ccncc3)nc2)c1. The number of nitrogens with zero attached hydrogens (tertiary/aromatic N) is 3. The fourth-order valence-corrected chi connectivity index (χ4v) is 2.75. The molecule has 0 aliphatic carbocycles. The van der Waals surface area contributed by atoms with Gasteiger partial charge in [-0.3, -0.25) is 9.78 Å². The molecule has 0 atom stereocenters. The normalized spacial score (nSPS) is 10.3. The Labute approximate surface area is 169 Å². The molecule has 29 heavy (non-hydrogen) atoms. The highest BCUT2D eigenvalue weighted by Crippen LogP contribution is 2.15. The zero-order valence-corrected chi connectivity index (χ0v) is 16.3. The van der Waals surface area contributed by atoms with Crippen molar-refractivity contribution in [2.75, 3.05) is 30.9 Å². The van der Waals surface area contributed by atoms with Gasteiger partial charge in [-0.15, -0.1) is 0 Å². The summed E-state index contributed by atoms with van der Waals surface area (Å²) < 4.78 is 4.70. The number of aromatic nitrogens is 2. The van der Waals surface area contributed by atoms with Crippen LogP contribution in [-0.4, -0.2) is 42.5 Å². The zero-order valence-electron chi connectivity index (χ0n) is 16.3. The van der Waals surface area contributed by atoms with E-state index in [0.29, 0.717) is 16.8 Å². The maximum absolute atomic E-state index is 12.5. The third-order valence-corrected chi connectivity index (χ3v) is 4.43. The number of amides is 1. The molecule has 0 bridgehead atoms. The van der Waals surface area contributed by atoms with E-state index in [2.05, 4.69) is 15.3 Å². The lowest BCUT2D eigenvalue weighted by Crippen LogP contribution is -2.21. The molecular weight excluding hydrogens is 368 g/mol. The smallest absolute Gasteiger partial charge is 0.337 e. The molecule has 7 heteroatoms. The van der Waals surface area contributed by atoms with Crippen LogP contribution in [-0.2, 0) is 11.2 Å². The quantitative estimate of drug-likeness (QED) is 0.624. The van der Waals surface area contributed by atoms with Crippen LogP contribution in [0, 0.1) is 0 Å². The number of nitrogens with one attached hydrogen (secondary N) is 1. The zero-order chi connectivity index (χ0) is 20.6. The molecule has 0 aliphatic rings. The van der Waals surface area contributed by atoms with Gasteiger partial charge in [0.2, 0.25) is 0 Å².